The van der Waals surface area contributed by atoms with Crippen LogP contribution in [0.1, 0.15) is 70.8 Å². The highest BCUT2D eigenvalue weighted by Gasteiger charge is 2.64. The Morgan fingerprint density at radius 3 is 2.13 bits per heavy atom. The summed E-state index contributed by atoms with van der Waals surface area (Å²) in [7, 11) is -5.05. The number of oxime groups is 1. The highest BCUT2D eigenvalue weighted by atomic mass is 28.4. The Morgan fingerprint density at radius 2 is 1.49 bits per heavy atom. The van der Waals surface area contributed by atoms with Crippen molar-refractivity contribution < 1.29 is 18.1 Å². The van der Waals surface area contributed by atoms with E-state index in [1.54, 1.807) is 0 Å². The molecule has 5 rings (SSSR count). The number of rotatable bonds is 11. The molecule has 45 heavy (non-hydrogen) atoms. The molecule has 0 spiro atoms. The first-order valence-corrected chi connectivity index (χ1v) is 28.3. The van der Waals surface area contributed by atoms with Crippen LogP contribution in [-0.4, -0.2) is 49.5 Å². The smallest absolute Gasteiger partial charge is 0.184 e. The average Bonchev–Trinajstić information content (AvgIpc) is 3.25. The zero-order chi connectivity index (χ0) is 32.8. The molecule has 9 atom stereocenters. The molecule has 4 fully saturated rings. The molecule has 254 valence electrons. The highest BCUT2D eigenvalue weighted by molar-refractivity contribution is 6.70. The minimum atomic E-state index is -1.77. The van der Waals surface area contributed by atoms with Crippen LogP contribution in [0.2, 0.25) is 58.9 Å². The topological polar surface area (TPSA) is 49.3 Å². The maximum absolute atomic E-state index is 7.34. The molecule has 1 aromatic rings. The van der Waals surface area contributed by atoms with E-state index in [4.69, 9.17) is 23.3 Å². The van der Waals surface area contributed by atoms with Crippen LogP contribution in [0.15, 0.2) is 35.5 Å². The second kappa shape index (κ2) is 13.3. The molecule has 0 saturated heterocycles. The Bertz CT molecular complexity index is 1170. The van der Waals surface area contributed by atoms with Crippen LogP contribution in [0.4, 0.5) is 0 Å². The first kappa shape index (κ1) is 35.5. The lowest BCUT2D eigenvalue weighted by molar-refractivity contribution is -0.168. The van der Waals surface area contributed by atoms with Gasteiger partial charge in [0.05, 0.1) is 12.3 Å². The fraction of sp³-hybridized carbons (Fsp3) is 0.811. The van der Waals surface area contributed by atoms with E-state index in [0.29, 0.717) is 48.6 Å². The number of hydrogen-bond acceptors (Lipinski definition) is 5. The molecule has 5 nitrogen and oxygen atoms in total. The maximum atomic E-state index is 7.34. The standard InChI is InChI=1S/C37H65NO4Si3/c1-36-22-21-29(41-44(6,7)8)23-28(36)17-18-30-31-19-20-32(37(31,2)24-34(35(30)36)42-45(9,10)11)33(26-40-43(3,4)5)38-39-25-27-15-13-12-14-16-27/h12-16,28-32,34-35H,17-26H2,1-11H3/t28-,29-,30-,31-,32+,34-,35+,36-,37-/m0/s1. The van der Waals surface area contributed by atoms with Gasteiger partial charge in [0.25, 0.3) is 0 Å². The van der Waals surface area contributed by atoms with Crippen molar-refractivity contribution in [3.05, 3.63) is 35.9 Å². The van der Waals surface area contributed by atoms with Crippen LogP contribution < -0.4 is 0 Å². The Balaban J connectivity index is 1.43. The largest absolute Gasteiger partial charge is 0.415 e. The third-order valence-electron chi connectivity index (χ3n) is 11.9. The zero-order valence-electron chi connectivity index (χ0n) is 30.6. The van der Waals surface area contributed by atoms with Crippen molar-refractivity contribution in [1.82, 2.24) is 0 Å². The molecule has 4 aliphatic carbocycles. The van der Waals surface area contributed by atoms with Crippen molar-refractivity contribution in [3.63, 3.8) is 0 Å². The van der Waals surface area contributed by atoms with Gasteiger partial charge in [-0.3, -0.25) is 0 Å². The van der Waals surface area contributed by atoms with Gasteiger partial charge in [0.1, 0.15) is 6.61 Å². The van der Waals surface area contributed by atoms with Gasteiger partial charge in [-0.25, -0.2) is 0 Å². The van der Waals surface area contributed by atoms with Gasteiger partial charge < -0.3 is 18.1 Å². The summed E-state index contributed by atoms with van der Waals surface area (Å²) in [6.45, 7) is 27.4. The molecule has 0 amide bonds. The summed E-state index contributed by atoms with van der Waals surface area (Å²) in [4.78, 5) is 6.12. The SMILES string of the molecule is C[C@]12CC[C@H](O[Si](C)(C)C)C[C@@H]1CC[C@@H]1[C@@H]2[C@@H](O[Si](C)(C)C)C[C@]2(C)[C@@H](C(CO[Si](C)(C)C)=NOCc3ccccc3)CC[C@@H]12. The van der Waals surface area contributed by atoms with E-state index in [9.17, 15) is 0 Å². The van der Waals surface area contributed by atoms with Gasteiger partial charge in [-0.1, -0.05) is 49.3 Å². The molecule has 0 N–H and O–H groups in total. The monoisotopic (exact) mass is 671 g/mol. The van der Waals surface area contributed by atoms with E-state index >= 15 is 0 Å². The minimum Gasteiger partial charge on any atom is -0.415 e. The van der Waals surface area contributed by atoms with Crippen LogP contribution >= 0.6 is 0 Å². The Hall–Kier alpha value is -0.779. The number of nitrogens with zero attached hydrogens (tertiary/aromatic N) is 1. The zero-order valence-corrected chi connectivity index (χ0v) is 33.6. The highest BCUT2D eigenvalue weighted by Crippen LogP contribution is 2.68. The summed E-state index contributed by atoms with van der Waals surface area (Å²) in [6, 6.07) is 10.4. The van der Waals surface area contributed by atoms with Gasteiger partial charge in [-0.2, -0.15) is 0 Å². The summed E-state index contributed by atoms with van der Waals surface area (Å²) in [5.41, 5.74) is 2.77. The van der Waals surface area contributed by atoms with Gasteiger partial charge >= 0.3 is 0 Å². The summed E-state index contributed by atoms with van der Waals surface area (Å²) in [5, 5.41) is 4.93. The second-order valence-corrected chi connectivity index (χ2v) is 32.0. The van der Waals surface area contributed by atoms with Crippen LogP contribution in [-0.2, 0) is 24.7 Å². The van der Waals surface area contributed by atoms with Crippen LogP contribution in [0.5, 0.6) is 0 Å². The average molecular weight is 672 g/mol. The normalized spacial score (nSPS) is 37.5. The summed E-state index contributed by atoms with van der Waals surface area (Å²) in [5.74, 6) is 3.18. The third kappa shape index (κ3) is 8.27. The third-order valence-corrected chi connectivity index (χ3v) is 14.9. The lowest BCUT2D eigenvalue weighted by atomic mass is 9.44. The molecule has 1 aromatic carbocycles. The fourth-order valence-corrected chi connectivity index (χ4v) is 13.2. The molecule has 0 unspecified atom stereocenters. The molecular weight excluding hydrogens is 607 g/mol. The van der Waals surface area contributed by atoms with Gasteiger partial charge in [0, 0.05) is 18.1 Å². The Kier molecular flexibility index (Phi) is 10.5. The molecule has 0 heterocycles. The maximum Gasteiger partial charge on any atom is 0.184 e. The number of fused-ring (bicyclic) bond motifs is 5. The second-order valence-electron chi connectivity index (χ2n) is 18.6. The Labute approximate surface area is 279 Å². The summed E-state index contributed by atoms with van der Waals surface area (Å²) in [6.07, 6.45) is 10.8. The van der Waals surface area contributed by atoms with Gasteiger partial charge in [-0.15, -0.1) is 0 Å². The van der Waals surface area contributed by atoms with Gasteiger partial charge in [0.15, 0.2) is 25.0 Å². The van der Waals surface area contributed by atoms with Crippen molar-refractivity contribution >= 4 is 30.7 Å². The van der Waals surface area contributed by atoms with E-state index in [1.165, 1.54) is 44.9 Å². The predicted octanol–water partition coefficient (Wildman–Crippen LogP) is 10.1. The number of benzene rings is 1. The van der Waals surface area contributed by atoms with Crippen molar-refractivity contribution in [3.8, 4) is 0 Å². The van der Waals surface area contributed by atoms with Crippen LogP contribution in [0.25, 0.3) is 0 Å². The predicted molar refractivity (Wildman–Crippen MR) is 195 cm³/mol. The van der Waals surface area contributed by atoms with E-state index in [0.717, 1.165) is 29.5 Å². The quantitative estimate of drug-likeness (QED) is 0.133. The van der Waals surface area contributed by atoms with Crippen molar-refractivity contribution in [2.24, 2.45) is 45.6 Å². The van der Waals surface area contributed by atoms with E-state index in [1.807, 2.05) is 0 Å². The van der Waals surface area contributed by atoms with Gasteiger partial charge in [0.2, 0.25) is 0 Å². The lowest BCUT2D eigenvalue weighted by Gasteiger charge is -2.64. The van der Waals surface area contributed by atoms with Crippen LogP contribution in [0, 0.1) is 40.4 Å². The molecule has 0 radical (unpaired) electrons. The molecular formula is C37H65NO4Si3. The van der Waals surface area contributed by atoms with Crippen LogP contribution in [0.3, 0.4) is 0 Å². The summed E-state index contributed by atoms with van der Waals surface area (Å²) >= 11 is 0. The molecule has 8 heteroatoms. The first-order valence-electron chi connectivity index (χ1n) is 18.1. The summed E-state index contributed by atoms with van der Waals surface area (Å²) < 4.78 is 20.6. The molecule has 0 bridgehead atoms. The Morgan fingerprint density at radius 1 is 0.800 bits per heavy atom. The number of hydrogen-bond donors (Lipinski definition) is 0. The van der Waals surface area contributed by atoms with Gasteiger partial charge in [-0.05, 0) is 150 Å². The van der Waals surface area contributed by atoms with Crippen molar-refractivity contribution in [2.45, 2.75) is 143 Å². The molecule has 0 aliphatic heterocycles. The first-order chi connectivity index (χ1) is 20.9. The van der Waals surface area contributed by atoms with E-state index in [2.05, 4.69) is 103 Å². The van der Waals surface area contributed by atoms with Crippen molar-refractivity contribution in [2.75, 3.05) is 6.61 Å². The molecule has 4 aliphatic rings. The fourth-order valence-electron chi connectivity index (χ4n) is 10.3. The molecule has 0 aromatic heterocycles. The van der Waals surface area contributed by atoms with E-state index < -0.39 is 25.0 Å². The molecule has 4 saturated carbocycles. The van der Waals surface area contributed by atoms with Crippen molar-refractivity contribution in [1.29, 1.82) is 0 Å². The van der Waals surface area contributed by atoms with E-state index in [-0.39, 0.29) is 5.41 Å². The minimum absolute atomic E-state index is 0.143. The lowest BCUT2D eigenvalue weighted by Crippen LogP contribution is -2.61.